The van der Waals surface area contributed by atoms with E-state index >= 15 is 0 Å². The third-order valence-electron chi connectivity index (χ3n) is 3.49. The van der Waals surface area contributed by atoms with Gasteiger partial charge in [0.25, 0.3) is 0 Å². The smallest absolute Gasteiger partial charge is 0.248 e. The van der Waals surface area contributed by atoms with E-state index in [1.54, 1.807) is 43.3 Å². The van der Waals surface area contributed by atoms with Crippen LogP contribution < -0.4 is 5.32 Å². The quantitative estimate of drug-likeness (QED) is 0.809. The number of hydrogen-bond donors (Lipinski definition) is 1. The normalized spacial score (nSPS) is 11.9. The molecule has 0 aromatic heterocycles. The van der Waals surface area contributed by atoms with E-state index in [1.165, 1.54) is 26.2 Å². The Labute approximate surface area is 153 Å². The first-order valence-electron chi connectivity index (χ1n) is 7.48. The zero-order valence-electron chi connectivity index (χ0n) is 14.2. The number of benzene rings is 2. The summed E-state index contributed by atoms with van der Waals surface area (Å²) < 4.78 is 25.8. The average molecular weight is 379 g/mol. The van der Waals surface area contributed by atoms with E-state index in [-0.39, 0.29) is 10.8 Å². The van der Waals surface area contributed by atoms with Crippen LogP contribution in [0.3, 0.4) is 0 Å². The summed E-state index contributed by atoms with van der Waals surface area (Å²) >= 11 is 5.90. The third kappa shape index (κ3) is 4.92. The second kappa shape index (κ2) is 7.82. The molecule has 0 radical (unpaired) electrons. The van der Waals surface area contributed by atoms with Crippen molar-refractivity contribution in [3.63, 3.8) is 0 Å². The van der Waals surface area contributed by atoms with Gasteiger partial charge in [0.15, 0.2) is 0 Å². The fourth-order valence-electron chi connectivity index (χ4n) is 2.12. The molecule has 0 atom stereocenters. The zero-order chi connectivity index (χ0) is 18.6. The number of rotatable bonds is 5. The molecule has 5 nitrogen and oxygen atoms in total. The average Bonchev–Trinajstić information content (AvgIpc) is 2.54. The summed E-state index contributed by atoms with van der Waals surface area (Å²) in [5, 5.41) is 3.25. The molecule has 0 saturated carbocycles. The van der Waals surface area contributed by atoms with Crippen molar-refractivity contribution in [1.29, 1.82) is 0 Å². The van der Waals surface area contributed by atoms with E-state index in [1.807, 2.05) is 6.07 Å². The molecule has 0 aliphatic carbocycles. The lowest BCUT2D eigenvalue weighted by Gasteiger charge is -2.14. The van der Waals surface area contributed by atoms with Crippen molar-refractivity contribution in [3.05, 3.63) is 64.7 Å². The molecule has 0 saturated heterocycles. The Morgan fingerprint density at radius 2 is 1.88 bits per heavy atom. The fourth-order valence-corrected chi connectivity index (χ4v) is 3.46. The SMILES string of the molecule is Cc1ccc(NC(=O)/C=C/c2cccc(Cl)c2)cc1S(=O)(=O)N(C)C. The lowest BCUT2D eigenvalue weighted by molar-refractivity contribution is -0.111. The lowest BCUT2D eigenvalue weighted by atomic mass is 10.2. The highest BCUT2D eigenvalue weighted by Gasteiger charge is 2.20. The minimum absolute atomic E-state index is 0.161. The predicted molar refractivity (Wildman–Crippen MR) is 101 cm³/mol. The van der Waals surface area contributed by atoms with Crippen molar-refractivity contribution in [1.82, 2.24) is 4.31 Å². The van der Waals surface area contributed by atoms with Crippen LogP contribution >= 0.6 is 11.6 Å². The van der Waals surface area contributed by atoms with E-state index in [4.69, 9.17) is 11.6 Å². The molecule has 0 bridgehead atoms. The van der Waals surface area contributed by atoms with E-state index in [0.29, 0.717) is 16.3 Å². The minimum Gasteiger partial charge on any atom is -0.322 e. The number of halogens is 1. The Kier molecular flexibility index (Phi) is 6.00. The van der Waals surface area contributed by atoms with Crippen molar-refractivity contribution in [2.75, 3.05) is 19.4 Å². The van der Waals surface area contributed by atoms with Gasteiger partial charge in [0.05, 0.1) is 4.90 Å². The lowest BCUT2D eigenvalue weighted by Crippen LogP contribution is -2.23. The summed E-state index contributed by atoms with van der Waals surface area (Å²) in [6.07, 6.45) is 3.00. The molecule has 0 aliphatic rings. The highest BCUT2D eigenvalue weighted by molar-refractivity contribution is 7.89. The number of anilines is 1. The molecule has 0 spiro atoms. The molecule has 25 heavy (non-hydrogen) atoms. The molecule has 0 unspecified atom stereocenters. The maximum atomic E-state index is 12.3. The number of carbonyl (C=O) groups is 1. The van der Waals surface area contributed by atoms with Gasteiger partial charge in [0.2, 0.25) is 15.9 Å². The minimum atomic E-state index is -3.58. The number of amides is 1. The summed E-state index contributed by atoms with van der Waals surface area (Å²) in [6.45, 7) is 1.71. The van der Waals surface area contributed by atoms with Crippen LogP contribution in [0.25, 0.3) is 6.08 Å². The molecular weight excluding hydrogens is 360 g/mol. The molecule has 1 amide bonds. The van der Waals surface area contributed by atoms with Crippen LogP contribution in [0.4, 0.5) is 5.69 Å². The van der Waals surface area contributed by atoms with Crippen LogP contribution in [0.2, 0.25) is 5.02 Å². The fraction of sp³-hybridized carbons (Fsp3) is 0.167. The molecule has 0 aliphatic heterocycles. The van der Waals surface area contributed by atoms with Crippen LogP contribution in [0.1, 0.15) is 11.1 Å². The van der Waals surface area contributed by atoms with Gasteiger partial charge >= 0.3 is 0 Å². The van der Waals surface area contributed by atoms with Gasteiger partial charge in [-0.15, -0.1) is 0 Å². The van der Waals surface area contributed by atoms with Crippen LogP contribution in [0.15, 0.2) is 53.4 Å². The topological polar surface area (TPSA) is 66.5 Å². The molecule has 0 heterocycles. The molecular formula is C18H19ClN2O3S. The number of nitrogens with zero attached hydrogens (tertiary/aromatic N) is 1. The van der Waals surface area contributed by atoms with Gasteiger partial charge in [-0.25, -0.2) is 12.7 Å². The largest absolute Gasteiger partial charge is 0.322 e. The Balaban J connectivity index is 2.19. The molecule has 1 N–H and O–H groups in total. The first-order valence-corrected chi connectivity index (χ1v) is 9.30. The van der Waals surface area contributed by atoms with Gasteiger partial charge in [-0.3, -0.25) is 4.79 Å². The first-order chi connectivity index (χ1) is 11.7. The summed E-state index contributed by atoms with van der Waals surface area (Å²) in [7, 11) is -0.644. The van der Waals surface area contributed by atoms with Gasteiger partial charge in [-0.2, -0.15) is 0 Å². The standard InChI is InChI=1S/C18H19ClN2O3S/c1-13-7-9-16(12-17(13)25(23,24)21(2)3)20-18(22)10-8-14-5-4-6-15(19)11-14/h4-12H,1-3H3,(H,20,22)/b10-8+. The van der Waals surface area contributed by atoms with E-state index in [0.717, 1.165) is 9.87 Å². The zero-order valence-corrected chi connectivity index (χ0v) is 15.7. The molecule has 7 heteroatoms. The van der Waals surface area contributed by atoms with E-state index < -0.39 is 10.0 Å². The summed E-state index contributed by atoms with van der Waals surface area (Å²) in [6, 6.07) is 11.9. The first kappa shape index (κ1) is 19.2. The Morgan fingerprint density at radius 1 is 1.16 bits per heavy atom. The second-order valence-corrected chi connectivity index (χ2v) is 8.20. The number of carbonyl (C=O) groups excluding carboxylic acids is 1. The molecule has 2 aromatic carbocycles. The van der Waals surface area contributed by atoms with Crippen LogP contribution in [0.5, 0.6) is 0 Å². The molecule has 2 rings (SSSR count). The van der Waals surface area contributed by atoms with E-state index in [2.05, 4.69) is 5.32 Å². The number of aryl methyl sites for hydroxylation is 1. The number of hydrogen-bond acceptors (Lipinski definition) is 3. The van der Waals surface area contributed by atoms with Gasteiger partial charge in [-0.1, -0.05) is 29.8 Å². The van der Waals surface area contributed by atoms with Crippen LogP contribution in [-0.2, 0) is 14.8 Å². The Hall–Kier alpha value is -2.15. The van der Waals surface area contributed by atoms with Gasteiger partial charge in [-0.05, 0) is 48.4 Å². The molecule has 2 aromatic rings. The number of nitrogens with one attached hydrogen (secondary N) is 1. The number of sulfonamides is 1. The summed E-state index contributed by atoms with van der Waals surface area (Å²) in [5.41, 5.74) is 1.82. The van der Waals surface area contributed by atoms with Gasteiger partial charge in [0.1, 0.15) is 0 Å². The monoisotopic (exact) mass is 378 g/mol. The molecule has 0 fully saturated rings. The highest BCUT2D eigenvalue weighted by atomic mass is 35.5. The predicted octanol–water partition coefficient (Wildman–Crippen LogP) is 3.55. The highest BCUT2D eigenvalue weighted by Crippen LogP contribution is 2.22. The Morgan fingerprint density at radius 3 is 2.52 bits per heavy atom. The van der Waals surface area contributed by atoms with Crippen LogP contribution in [-0.4, -0.2) is 32.7 Å². The van der Waals surface area contributed by atoms with Gasteiger partial charge < -0.3 is 5.32 Å². The van der Waals surface area contributed by atoms with Gasteiger partial charge in [0, 0.05) is 30.9 Å². The molecule has 132 valence electrons. The summed E-state index contributed by atoms with van der Waals surface area (Å²) in [5.74, 6) is -0.364. The van der Waals surface area contributed by atoms with Crippen molar-refractivity contribution in [2.45, 2.75) is 11.8 Å². The third-order valence-corrected chi connectivity index (χ3v) is 5.68. The van der Waals surface area contributed by atoms with E-state index in [9.17, 15) is 13.2 Å². The second-order valence-electron chi connectivity index (χ2n) is 5.65. The summed E-state index contributed by atoms with van der Waals surface area (Å²) in [4.78, 5) is 12.2. The van der Waals surface area contributed by atoms with Crippen molar-refractivity contribution in [3.8, 4) is 0 Å². The van der Waals surface area contributed by atoms with Crippen molar-refractivity contribution >= 4 is 39.3 Å². The van der Waals surface area contributed by atoms with Crippen molar-refractivity contribution < 1.29 is 13.2 Å². The maximum absolute atomic E-state index is 12.3. The van der Waals surface area contributed by atoms with Crippen LogP contribution in [0, 0.1) is 6.92 Å². The maximum Gasteiger partial charge on any atom is 0.248 e. The Bertz CT molecular complexity index is 922. The van der Waals surface area contributed by atoms with Crippen molar-refractivity contribution in [2.24, 2.45) is 0 Å².